The SMILES string of the molecule is O=C(COc1ccccc1)N[C@@H]1C(=O)N2C(C(=O)O)=C(Cc3ccccc3)CS[C@H]12. The van der Waals surface area contributed by atoms with Gasteiger partial charge in [-0.05, 0) is 29.7 Å². The van der Waals surface area contributed by atoms with Crippen molar-refractivity contribution in [3.63, 3.8) is 0 Å². The lowest BCUT2D eigenvalue weighted by atomic mass is 9.99. The van der Waals surface area contributed by atoms with Gasteiger partial charge in [0.15, 0.2) is 6.61 Å². The summed E-state index contributed by atoms with van der Waals surface area (Å²) >= 11 is 1.46. The zero-order chi connectivity index (χ0) is 21.1. The number of carbonyl (C=O) groups excluding carboxylic acids is 2. The highest BCUT2D eigenvalue weighted by Crippen LogP contribution is 2.41. The number of hydrogen-bond acceptors (Lipinski definition) is 5. The highest BCUT2D eigenvalue weighted by Gasteiger charge is 2.54. The molecule has 2 amide bonds. The van der Waals surface area contributed by atoms with Crippen LogP contribution in [0.15, 0.2) is 71.9 Å². The summed E-state index contributed by atoms with van der Waals surface area (Å²) < 4.78 is 5.40. The molecule has 30 heavy (non-hydrogen) atoms. The minimum Gasteiger partial charge on any atom is -0.484 e. The Kier molecular flexibility index (Phi) is 5.76. The van der Waals surface area contributed by atoms with Gasteiger partial charge in [-0.2, -0.15) is 0 Å². The topological polar surface area (TPSA) is 95.9 Å². The first-order chi connectivity index (χ1) is 14.5. The molecule has 0 saturated carbocycles. The van der Waals surface area contributed by atoms with Crippen LogP contribution in [-0.4, -0.2) is 51.6 Å². The number of amides is 2. The van der Waals surface area contributed by atoms with Crippen LogP contribution in [0, 0.1) is 0 Å². The number of carboxylic acids is 1. The Morgan fingerprint density at radius 1 is 1.10 bits per heavy atom. The van der Waals surface area contributed by atoms with Gasteiger partial charge in [0, 0.05) is 5.75 Å². The van der Waals surface area contributed by atoms with E-state index in [1.54, 1.807) is 24.3 Å². The third-order valence-corrected chi connectivity index (χ3v) is 6.28. The molecule has 4 rings (SSSR count). The molecule has 2 N–H and O–H groups in total. The second-order valence-electron chi connectivity index (χ2n) is 6.98. The Balaban J connectivity index is 1.42. The molecule has 0 aliphatic carbocycles. The lowest BCUT2D eigenvalue weighted by Crippen LogP contribution is -2.70. The predicted octanol–water partition coefficient (Wildman–Crippen LogP) is 2.05. The van der Waals surface area contributed by atoms with Crippen LogP contribution in [0.1, 0.15) is 5.56 Å². The van der Waals surface area contributed by atoms with Gasteiger partial charge in [-0.25, -0.2) is 4.79 Å². The van der Waals surface area contributed by atoms with Crippen molar-refractivity contribution in [1.29, 1.82) is 0 Å². The summed E-state index contributed by atoms with van der Waals surface area (Å²) in [5.41, 5.74) is 1.71. The van der Waals surface area contributed by atoms with Crippen LogP contribution < -0.4 is 10.1 Å². The molecule has 0 unspecified atom stereocenters. The molecular formula is C22H20N2O5S. The maximum atomic E-state index is 12.7. The summed E-state index contributed by atoms with van der Waals surface area (Å²) in [5, 5.41) is 12.0. The third-order valence-electron chi connectivity index (χ3n) is 4.94. The number of benzene rings is 2. The Hall–Kier alpha value is -3.26. The number of rotatable bonds is 7. The smallest absolute Gasteiger partial charge is 0.352 e. The van der Waals surface area contributed by atoms with Crippen molar-refractivity contribution in [2.24, 2.45) is 0 Å². The van der Waals surface area contributed by atoms with Crippen LogP contribution in [0.5, 0.6) is 5.75 Å². The standard InChI is InChI=1S/C22H20N2O5S/c25-17(12-29-16-9-5-2-6-10-16)23-18-20(26)24-19(22(27)28)15(13-30-21(18)24)11-14-7-3-1-4-8-14/h1-10,18,21H,11-13H2,(H,23,25)(H,27,28)/t18-,21-/m1/s1. The van der Waals surface area contributed by atoms with E-state index in [4.69, 9.17) is 4.74 Å². The monoisotopic (exact) mass is 424 g/mol. The zero-order valence-corrected chi connectivity index (χ0v) is 16.8. The molecule has 2 aromatic rings. The predicted molar refractivity (Wildman–Crippen MR) is 112 cm³/mol. The van der Waals surface area contributed by atoms with Gasteiger partial charge in [-0.1, -0.05) is 48.5 Å². The van der Waals surface area contributed by atoms with Crippen LogP contribution >= 0.6 is 11.8 Å². The highest BCUT2D eigenvalue weighted by molar-refractivity contribution is 8.00. The molecule has 2 aliphatic heterocycles. The van der Waals surface area contributed by atoms with E-state index in [1.165, 1.54) is 16.7 Å². The minimum absolute atomic E-state index is 0.0265. The number of nitrogens with one attached hydrogen (secondary N) is 1. The number of fused-ring (bicyclic) bond motifs is 1. The second kappa shape index (κ2) is 8.62. The summed E-state index contributed by atoms with van der Waals surface area (Å²) in [5.74, 6) is -0.922. The van der Waals surface area contributed by atoms with Crippen molar-refractivity contribution in [3.05, 3.63) is 77.5 Å². The summed E-state index contributed by atoms with van der Waals surface area (Å²) in [6, 6.07) is 17.7. The van der Waals surface area contributed by atoms with E-state index in [1.807, 2.05) is 36.4 Å². The molecule has 2 heterocycles. The normalized spacial score (nSPS) is 20.3. The van der Waals surface area contributed by atoms with Crippen LogP contribution in [0.2, 0.25) is 0 Å². The first-order valence-electron chi connectivity index (χ1n) is 9.45. The fourth-order valence-electron chi connectivity index (χ4n) is 3.54. The first-order valence-corrected chi connectivity index (χ1v) is 10.5. The molecule has 8 heteroatoms. The molecule has 1 fully saturated rings. The number of hydrogen-bond donors (Lipinski definition) is 2. The van der Waals surface area contributed by atoms with Gasteiger partial charge < -0.3 is 15.2 Å². The fraction of sp³-hybridized carbons (Fsp3) is 0.227. The van der Waals surface area contributed by atoms with E-state index in [9.17, 15) is 19.5 Å². The quantitative estimate of drug-likeness (QED) is 0.661. The molecule has 0 spiro atoms. The Bertz CT molecular complexity index is 993. The molecule has 7 nitrogen and oxygen atoms in total. The van der Waals surface area contributed by atoms with Crippen LogP contribution in [-0.2, 0) is 20.8 Å². The van der Waals surface area contributed by atoms with Gasteiger partial charge in [0.1, 0.15) is 22.9 Å². The van der Waals surface area contributed by atoms with Crippen LogP contribution in [0.4, 0.5) is 0 Å². The van der Waals surface area contributed by atoms with Crippen molar-refractivity contribution in [1.82, 2.24) is 10.2 Å². The van der Waals surface area contributed by atoms with Gasteiger partial charge in [-0.3, -0.25) is 14.5 Å². The second-order valence-corrected chi connectivity index (χ2v) is 8.08. The number of aliphatic carboxylic acids is 1. The summed E-state index contributed by atoms with van der Waals surface area (Å²) in [6.07, 6.45) is 0.466. The van der Waals surface area contributed by atoms with E-state index in [2.05, 4.69) is 5.32 Å². The summed E-state index contributed by atoms with van der Waals surface area (Å²) in [7, 11) is 0. The molecule has 2 atom stereocenters. The number of thioether (sulfide) groups is 1. The number of para-hydroxylation sites is 1. The maximum absolute atomic E-state index is 12.7. The molecule has 0 radical (unpaired) electrons. The van der Waals surface area contributed by atoms with Crippen molar-refractivity contribution >= 4 is 29.5 Å². The third kappa shape index (κ3) is 4.04. The fourth-order valence-corrected chi connectivity index (χ4v) is 4.89. The Labute approximate surface area is 177 Å². The van der Waals surface area contributed by atoms with Gasteiger partial charge >= 0.3 is 5.97 Å². The van der Waals surface area contributed by atoms with E-state index in [0.29, 0.717) is 23.5 Å². The molecular weight excluding hydrogens is 404 g/mol. The molecule has 2 aliphatic rings. The van der Waals surface area contributed by atoms with Crippen molar-refractivity contribution in [2.45, 2.75) is 17.8 Å². The number of β-lactam (4-membered cyclic amide) rings is 1. The van der Waals surface area contributed by atoms with Crippen molar-refractivity contribution in [3.8, 4) is 5.75 Å². The Morgan fingerprint density at radius 3 is 2.43 bits per heavy atom. The molecule has 0 aromatic heterocycles. The Morgan fingerprint density at radius 2 is 1.77 bits per heavy atom. The number of carbonyl (C=O) groups is 3. The lowest BCUT2D eigenvalue weighted by Gasteiger charge is -2.49. The first kappa shape index (κ1) is 20.0. The van der Waals surface area contributed by atoms with E-state index in [0.717, 1.165) is 5.56 Å². The van der Waals surface area contributed by atoms with Gasteiger partial charge in [0.05, 0.1) is 0 Å². The zero-order valence-electron chi connectivity index (χ0n) is 16.0. The van der Waals surface area contributed by atoms with Crippen LogP contribution in [0.25, 0.3) is 0 Å². The lowest BCUT2D eigenvalue weighted by molar-refractivity contribution is -0.151. The molecule has 1 saturated heterocycles. The largest absolute Gasteiger partial charge is 0.484 e. The maximum Gasteiger partial charge on any atom is 0.352 e. The van der Waals surface area contributed by atoms with Crippen LogP contribution in [0.3, 0.4) is 0 Å². The van der Waals surface area contributed by atoms with E-state index in [-0.39, 0.29) is 12.3 Å². The highest BCUT2D eigenvalue weighted by atomic mass is 32.2. The summed E-state index contributed by atoms with van der Waals surface area (Å²) in [4.78, 5) is 38.1. The average molecular weight is 424 g/mol. The minimum atomic E-state index is -1.13. The van der Waals surface area contributed by atoms with Crippen molar-refractivity contribution in [2.75, 3.05) is 12.4 Å². The molecule has 154 valence electrons. The van der Waals surface area contributed by atoms with Gasteiger partial charge in [0.2, 0.25) is 0 Å². The molecule has 2 aromatic carbocycles. The van der Waals surface area contributed by atoms with Gasteiger partial charge in [-0.15, -0.1) is 11.8 Å². The molecule has 0 bridgehead atoms. The van der Waals surface area contributed by atoms with Crippen molar-refractivity contribution < 1.29 is 24.2 Å². The van der Waals surface area contributed by atoms with Gasteiger partial charge in [0.25, 0.3) is 11.8 Å². The number of carboxylic acid groups (broad SMARTS) is 1. The summed E-state index contributed by atoms with van der Waals surface area (Å²) in [6.45, 7) is -0.216. The number of nitrogens with zero attached hydrogens (tertiary/aromatic N) is 1. The average Bonchev–Trinajstić information content (AvgIpc) is 2.77. The van der Waals surface area contributed by atoms with E-state index >= 15 is 0 Å². The van der Waals surface area contributed by atoms with E-state index < -0.39 is 29.2 Å². The number of ether oxygens (including phenoxy) is 1.